The molecule has 19 heavy (non-hydrogen) atoms. The number of hydrogen-bond acceptors (Lipinski definition) is 5. The van der Waals surface area contributed by atoms with Crippen LogP contribution in [0.2, 0.25) is 0 Å². The van der Waals surface area contributed by atoms with E-state index in [0.29, 0.717) is 12.2 Å². The second kappa shape index (κ2) is 5.36. The Hall–Kier alpha value is -1.95. The highest BCUT2D eigenvalue weighted by Crippen LogP contribution is 2.20. The van der Waals surface area contributed by atoms with Crippen LogP contribution in [0.5, 0.6) is 0 Å². The van der Waals surface area contributed by atoms with Crippen LogP contribution in [0.3, 0.4) is 0 Å². The lowest BCUT2D eigenvalue weighted by atomic mass is 10.2. The molecule has 1 N–H and O–H groups in total. The van der Waals surface area contributed by atoms with Crippen LogP contribution in [0, 0.1) is 0 Å². The topological polar surface area (TPSA) is 64.9 Å². The van der Waals surface area contributed by atoms with Gasteiger partial charge in [0, 0.05) is 12.2 Å². The second-order valence-corrected chi connectivity index (χ2v) is 4.83. The van der Waals surface area contributed by atoms with Crippen molar-refractivity contribution in [2.75, 3.05) is 11.9 Å². The highest BCUT2D eigenvalue weighted by molar-refractivity contribution is 5.48. The zero-order valence-corrected chi connectivity index (χ0v) is 10.9. The van der Waals surface area contributed by atoms with Gasteiger partial charge in [0.1, 0.15) is 6.33 Å². The molecule has 0 aliphatic carbocycles. The highest BCUT2D eigenvalue weighted by Gasteiger charge is 2.21. The van der Waals surface area contributed by atoms with Gasteiger partial charge in [-0.15, -0.1) is 5.10 Å². The molecule has 1 aliphatic rings. The molecule has 2 heterocycles. The summed E-state index contributed by atoms with van der Waals surface area (Å²) in [4.78, 5) is 0. The number of aromatic nitrogens is 4. The van der Waals surface area contributed by atoms with E-state index in [9.17, 15) is 0 Å². The first-order valence-corrected chi connectivity index (χ1v) is 6.54. The number of tetrazole rings is 1. The van der Waals surface area contributed by atoms with Gasteiger partial charge in [-0.05, 0) is 54.5 Å². The number of hydrogen-bond donors (Lipinski definition) is 1. The molecular formula is C13H17N5O. The van der Waals surface area contributed by atoms with Crippen LogP contribution in [-0.4, -0.2) is 39.0 Å². The molecule has 1 aliphatic heterocycles. The van der Waals surface area contributed by atoms with Crippen LogP contribution < -0.4 is 5.32 Å². The normalized spacial score (nSPS) is 22.6. The van der Waals surface area contributed by atoms with Crippen LogP contribution in [0.15, 0.2) is 30.6 Å². The fraction of sp³-hybridized carbons (Fsp3) is 0.462. The first-order valence-electron chi connectivity index (χ1n) is 6.54. The fourth-order valence-corrected chi connectivity index (χ4v) is 2.28. The lowest BCUT2D eigenvalue weighted by molar-refractivity contribution is 0.0637. The van der Waals surface area contributed by atoms with E-state index in [4.69, 9.17) is 4.74 Å². The first kappa shape index (κ1) is 12.1. The van der Waals surface area contributed by atoms with Gasteiger partial charge in [0.2, 0.25) is 0 Å². The van der Waals surface area contributed by atoms with Gasteiger partial charge < -0.3 is 10.1 Å². The minimum atomic E-state index is 0.328. The predicted molar refractivity (Wildman–Crippen MR) is 71.2 cm³/mol. The highest BCUT2D eigenvalue weighted by atomic mass is 16.5. The maximum absolute atomic E-state index is 5.77. The van der Waals surface area contributed by atoms with E-state index in [1.165, 1.54) is 0 Å². The summed E-state index contributed by atoms with van der Waals surface area (Å²) in [6, 6.07) is 8.01. The van der Waals surface area contributed by atoms with Crippen molar-refractivity contribution < 1.29 is 4.74 Å². The van der Waals surface area contributed by atoms with E-state index in [0.717, 1.165) is 30.8 Å². The number of anilines is 1. The molecule has 1 aromatic carbocycles. The Morgan fingerprint density at radius 3 is 2.79 bits per heavy atom. The van der Waals surface area contributed by atoms with E-state index in [1.807, 2.05) is 24.3 Å². The Balaban J connectivity index is 1.57. The van der Waals surface area contributed by atoms with Gasteiger partial charge in [-0.2, -0.15) is 0 Å². The van der Waals surface area contributed by atoms with Crippen molar-refractivity contribution >= 4 is 5.69 Å². The van der Waals surface area contributed by atoms with Crippen LogP contribution in [0.25, 0.3) is 5.69 Å². The Morgan fingerprint density at radius 1 is 1.32 bits per heavy atom. The lowest BCUT2D eigenvalue weighted by Crippen LogP contribution is -2.19. The molecule has 1 saturated heterocycles. The molecule has 1 aromatic heterocycles. The summed E-state index contributed by atoms with van der Waals surface area (Å²) in [7, 11) is 0. The van der Waals surface area contributed by atoms with Crippen molar-refractivity contribution in [2.45, 2.75) is 32.0 Å². The Labute approximate surface area is 111 Å². The number of nitrogens with one attached hydrogen (secondary N) is 1. The molecule has 3 rings (SSSR count). The molecule has 2 atom stereocenters. The third-order valence-corrected chi connectivity index (χ3v) is 3.33. The summed E-state index contributed by atoms with van der Waals surface area (Å²) in [6.07, 6.45) is 4.60. The average molecular weight is 259 g/mol. The molecule has 100 valence electrons. The van der Waals surface area contributed by atoms with Crippen molar-refractivity contribution in [2.24, 2.45) is 0 Å². The fourth-order valence-electron chi connectivity index (χ4n) is 2.28. The number of benzene rings is 1. The van der Waals surface area contributed by atoms with Gasteiger partial charge in [-0.3, -0.25) is 0 Å². The molecule has 0 spiro atoms. The Bertz CT molecular complexity index is 510. The SMILES string of the molecule is CC1CCC(CNc2ccc(-n3cnnn3)cc2)O1. The van der Waals surface area contributed by atoms with E-state index < -0.39 is 0 Å². The largest absolute Gasteiger partial charge is 0.382 e. The molecule has 0 radical (unpaired) electrons. The van der Waals surface area contributed by atoms with Gasteiger partial charge in [0.05, 0.1) is 17.9 Å². The maximum atomic E-state index is 5.77. The van der Waals surface area contributed by atoms with E-state index >= 15 is 0 Å². The Kier molecular flexibility index (Phi) is 3.41. The van der Waals surface area contributed by atoms with E-state index in [-0.39, 0.29) is 0 Å². The summed E-state index contributed by atoms with van der Waals surface area (Å²) in [5.74, 6) is 0. The minimum absolute atomic E-state index is 0.328. The van der Waals surface area contributed by atoms with Crippen molar-refractivity contribution in [1.82, 2.24) is 20.2 Å². The van der Waals surface area contributed by atoms with Gasteiger partial charge in [-0.25, -0.2) is 4.68 Å². The van der Waals surface area contributed by atoms with Crippen molar-refractivity contribution in [1.29, 1.82) is 0 Å². The van der Waals surface area contributed by atoms with Crippen LogP contribution in [-0.2, 0) is 4.74 Å². The van der Waals surface area contributed by atoms with Crippen molar-refractivity contribution in [3.63, 3.8) is 0 Å². The first-order chi connectivity index (χ1) is 9.31. The summed E-state index contributed by atoms with van der Waals surface area (Å²) in [6.45, 7) is 2.98. The molecule has 1 fully saturated rings. The molecule has 0 bridgehead atoms. The number of nitrogens with zero attached hydrogens (tertiary/aromatic N) is 4. The molecule has 2 unspecified atom stereocenters. The number of ether oxygens (including phenoxy) is 1. The predicted octanol–water partition coefficient (Wildman–Crippen LogP) is 1.64. The molecule has 0 saturated carbocycles. The second-order valence-electron chi connectivity index (χ2n) is 4.83. The van der Waals surface area contributed by atoms with Crippen LogP contribution in [0.4, 0.5) is 5.69 Å². The quantitative estimate of drug-likeness (QED) is 0.904. The summed E-state index contributed by atoms with van der Waals surface area (Å²) in [5.41, 5.74) is 2.03. The number of rotatable bonds is 4. The monoisotopic (exact) mass is 259 g/mol. The van der Waals surface area contributed by atoms with Gasteiger partial charge >= 0.3 is 0 Å². The zero-order chi connectivity index (χ0) is 13.1. The average Bonchev–Trinajstić information content (AvgIpc) is 3.08. The van der Waals surface area contributed by atoms with Crippen molar-refractivity contribution in [3.8, 4) is 5.69 Å². The van der Waals surface area contributed by atoms with Crippen LogP contribution >= 0.6 is 0 Å². The third-order valence-electron chi connectivity index (χ3n) is 3.33. The lowest BCUT2D eigenvalue weighted by Gasteiger charge is -2.13. The molecular weight excluding hydrogens is 242 g/mol. The smallest absolute Gasteiger partial charge is 0.143 e. The van der Waals surface area contributed by atoms with E-state index in [2.05, 4.69) is 27.8 Å². The van der Waals surface area contributed by atoms with E-state index in [1.54, 1.807) is 11.0 Å². The van der Waals surface area contributed by atoms with Gasteiger partial charge in [0.15, 0.2) is 0 Å². The molecule has 6 heteroatoms. The third kappa shape index (κ3) is 2.90. The molecule has 2 aromatic rings. The van der Waals surface area contributed by atoms with Crippen molar-refractivity contribution in [3.05, 3.63) is 30.6 Å². The minimum Gasteiger partial charge on any atom is -0.382 e. The molecule has 0 amide bonds. The standard InChI is InChI=1S/C13H17N5O/c1-10-2-7-13(19-10)8-14-11-3-5-12(6-4-11)18-9-15-16-17-18/h3-6,9-10,13-14H,2,7-8H2,1H3. The van der Waals surface area contributed by atoms with Gasteiger partial charge in [-0.1, -0.05) is 0 Å². The van der Waals surface area contributed by atoms with Gasteiger partial charge in [0.25, 0.3) is 0 Å². The summed E-state index contributed by atoms with van der Waals surface area (Å²) >= 11 is 0. The molecule has 6 nitrogen and oxygen atoms in total. The maximum Gasteiger partial charge on any atom is 0.143 e. The summed E-state index contributed by atoms with van der Waals surface area (Å²) < 4.78 is 7.40. The van der Waals surface area contributed by atoms with Crippen LogP contribution in [0.1, 0.15) is 19.8 Å². The zero-order valence-electron chi connectivity index (χ0n) is 10.9. The Morgan fingerprint density at radius 2 is 2.16 bits per heavy atom. The summed E-state index contributed by atoms with van der Waals surface area (Å²) in [5, 5.41) is 14.5.